The van der Waals surface area contributed by atoms with E-state index >= 15 is 0 Å². The van der Waals surface area contributed by atoms with Gasteiger partial charge in [0.05, 0.1) is 13.2 Å². The van der Waals surface area contributed by atoms with Crippen LogP contribution in [0, 0.1) is 0 Å². The lowest BCUT2D eigenvalue weighted by Gasteiger charge is -2.26. The summed E-state index contributed by atoms with van der Waals surface area (Å²) < 4.78 is 5.34. The Morgan fingerprint density at radius 3 is 2.68 bits per heavy atom. The van der Waals surface area contributed by atoms with Gasteiger partial charge in [-0.1, -0.05) is 30.3 Å². The molecule has 0 atom stereocenters. The van der Waals surface area contributed by atoms with Crippen molar-refractivity contribution in [3.05, 3.63) is 42.5 Å². The van der Waals surface area contributed by atoms with Gasteiger partial charge in [0.2, 0.25) is 0 Å². The first-order valence-electron chi connectivity index (χ1n) is 7.65. The number of hydrogen-bond acceptors (Lipinski definition) is 3. The first kappa shape index (κ1) is 15.2. The minimum absolute atomic E-state index is 0.670. The number of ether oxygens (including phenoxy) is 1. The Morgan fingerprint density at radius 1 is 1.09 bits per heavy atom. The molecule has 5 heteroatoms. The molecule has 22 heavy (non-hydrogen) atoms. The third kappa shape index (κ3) is 4.16. The Morgan fingerprint density at radius 2 is 1.86 bits per heavy atom. The summed E-state index contributed by atoms with van der Waals surface area (Å²) >= 11 is 5.36. The lowest BCUT2D eigenvalue weighted by atomic mass is 10.1. The predicted molar refractivity (Wildman–Crippen MR) is 95.4 cm³/mol. The van der Waals surface area contributed by atoms with Crippen molar-refractivity contribution in [3.8, 4) is 0 Å². The number of nitrogens with zero attached hydrogens (tertiary/aromatic N) is 1. The van der Waals surface area contributed by atoms with E-state index in [4.69, 9.17) is 17.0 Å². The molecule has 1 fully saturated rings. The molecule has 0 radical (unpaired) electrons. The molecule has 0 aliphatic carbocycles. The van der Waals surface area contributed by atoms with Crippen LogP contribution in [0.25, 0.3) is 10.8 Å². The largest absolute Gasteiger partial charge is 0.379 e. The highest BCUT2D eigenvalue weighted by atomic mass is 32.1. The molecule has 1 aliphatic heterocycles. The number of benzene rings is 2. The smallest absolute Gasteiger partial charge is 0.170 e. The van der Waals surface area contributed by atoms with Gasteiger partial charge in [0, 0.05) is 31.9 Å². The summed E-state index contributed by atoms with van der Waals surface area (Å²) in [5, 5.41) is 9.63. The third-order valence-corrected chi connectivity index (χ3v) is 4.07. The van der Waals surface area contributed by atoms with Gasteiger partial charge in [-0.25, -0.2) is 0 Å². The highest BCUT2D eigenvalue weighted by Crippen LogP contribution is 2.18. The molecule has 0 bridgehead atoms. The van der Waals surface area contributed by atoms with Gasteiger partial charge in [-0.2, -0.15) is 0 Å². The molecule has 2 aromatic rings. The summed E-state index contributed by atoms with van der Waals surface area (Å²) in [5.74, 6) is 0. The molecule has 3 rings (SSSR count). The van der Waals surface area contributed by atoms with Crippen molar-refractivity contribution in [1.82, 2.24) is 10.2 Å². The summed E-state index contributed by atoms with van der Waals surface area (Å²) in [7, 11) is 0. The van der Waals surface area contributed by atoms with E-state index in [1.165, 1.54) is 10.8 Å². The summed E-state index contributed by atoms with van der Waals surface area (Å²) in [6.45, 7) is 5.51. The molecule has 1 aliphatic rings. The number of thiocarbonyl (C=S) groups is 1. The zero-order valence-corrected chi connectivity index (χ0v) is 13.4. The fourth-order valence-corrected chi connectivity index (χ4v) is 2.81. The van der Waals surface area contributed by atoms with Crippen molar-refractivity contribution < 1.29 is 4.74 Å². The fraction of sp³-hybridized carbons (Fsp3) is 0.353. The van der Waals surface area contributed by atoms with Crippen LogP contribution in [-0.2, 0) is 4.74 Å². The number of nitrogens with one attached hydrogen (secondary N) is 2. The summed E-state index contributed by atoms with van der Waals surface area (Å²) in [6.07, 6.45) is 0. The Labute approximate surface area is 136 Å². The van der Waals surface area contributed by atoms with Crippen molar-refractivity contribution in [2.24, 2.45) is 0 Å². The normalized spacial score (nSPS) is 15.6. The molecule has 1 saturated heterocycles. The SMILES string of the molecule is S=C(NCCN1CCOCC1)Nc1ccc2ccccc2c1. The second-order valence-corrected chi connectivity index (χ2v) is 5.81. The zero-order chi connectivity index (χ0) is 15.2. The maximum atomic E-state index is 5.36. The first-order valence-corrected chi connectivity index (χ1v) is 8.06. The number of rotatable bonds is 4. The molecule has 4 nitrogen and oxygen atoms in total. The Bertz CT molecular complexity index is 641. The summed E-state index contributed by atoms with van der Waals surface area (Å²) in [6, 6.07) is 14.6. The number of hydrogen-bond donors (Lipinski definition) is 2. The van der Waals surface area contributed by atoms with Crippen LogP contribution >= 0.6 is 12.2 Å². The maximum absolute atomic E-state index is 5.36. The van der Waals surface area contributed by atoms with Gasteiger partial charge >= 0.3 is 0 Å². The summed E-state index contributed by atoms with van der Waals surface area (Å²) in [5.41, 5.74) is 1.02. The monoisotopic (exact) mass is 315 g/mol. The standard InChI is InChI=1S/C17H21N3OS/c22-17(18-7-8-20-9-11-21-12-10-20)19-16-6-5-14-3-1-2-4-15(14)13-16/h1-6,13H,7-12H2,(H2,18,19,22). The van der Waals surface area contributed by atoms with Crippen LogP contribution in [0.5, 0.6) is 0 Å². The van der Waals surface area contributed by atoms with Gasteiger partial charge in [-0.15, -0.1) is 0 Å². The van der Waals surface area contributed by atoms with Crippen LogP contribution in [0.4, 0.5) is 5.69 Å². The minimum Gasteiger partial charge on any atom is -0.379 e. The van der Waals surface area contributed by atoms with E-state index in [0.29, 0.717) is 5.11 Å². The van der Waals surface area contributed by atoms with E-state index in [-0.39, 0.29) is 0 Å². The lowest BCUT2D eigenvalue weighted by Crippen LogP contribution is -2.42. The van der Waals surface area contributed by atoms with E-state index < -0.39 is 0 Å². The van der Waals surface area contributed by atoms with Crippen LogP contribution in [0.15, 0.2) is 42.5 Å². The average molecular weight is 315 g/mol. The quantitative estimate of drug-likeness (QED) is 0.848. The fourth-order valence-electron chi connectivity index (χ4n) is 2.59. The van der Waals surface area contributed by atoms with Crippen molar-refractivity contribution in [1.29, 1.82) is 0 Å². The molecule has 0 saturated carbocycles. The topological polar surface area (TPSA) is 36.5 Å². The molecule has 2 aromatic carbocycles. The van der Waals surface area contributed by atoms with Crippen LogP contribution < -0.4 is 10.6 Å². The molecule has 1 heterocycles. The molecule has 0 aromatic heterocycles. The highest BCUT2D eigenvalue weighted by molar-refractivity contribution is 7.80. The van der Waals surface area contributed by atoms with Gasteiger partial charge in [0.1, 0.15) is 0 Å². The van der Waals surface area contributed by atoms with Crippen LogP contribution in [-0.4, -0.2) is 49.4 Å². The van der Waals surface area contributed by atoms with Gasteiger partial charge in [0.15, 0.2) is 5.11 Å². The molecular weight excluding hydrogens is 294 g/mol. The molecule has 0 unspecified atom stereocenters. The predicted octanol–water partition coefficient (Wildman–Crippen LogP) is 2.46. The Balaban J connectivity index is 1.47. The average Bonchev–Trinajstić information content (AvgIpc) is 2.56. The van der Waals surface area contributed by atoms with E-state index in [0.717, 1.165) is 45.1 Å². The molecule has 0 amide bonds. The van der Waals surface area contributed by atoms with Gasteiger partial charge in [-0.3, -0.25) is 4.90 Å². The second kappa shape index (κ2) is 7.54. The molecule has 0 spiro atoms. The minimum atomic E-state index is 0.670. The van der Waals surface area contributed by atoms with E-state index in [9.17, 15) is 0 Å². The van der Waals surface area contributed by atoms with Crippen molar-refractivity contribution in [3.63, 3.8) is 0 Å². The van der Waals surface area contributed by atoms with Crippen LogP contribution in [0.3, 0.4) is 0 Å². The Kier molecular flexibility index (Phi) is 5.21. The number of anilines is 1. The van der Waals surface area contributed by atoms with Gasteiger partial charge in [-0.05, 0) is 35.1 Å². The van der Waals surface area contributed by atoms with Crippen LogP contribution in [0.2, 0.25) is 0 Å². The van der Waals surface area contributed by atoms with Crippen LogP contribution in [0.1, 0.15) is 0 Å². The molecular formula is C17H21N3OS. The van der Waals surface area contributed by atoms with Gasteiger partial charge < -0.3 is 15.4 Å². The van der Waals surface area contributed by atoms with Crippen molar-refractivity contribution in [2.45, 2.75) is 0 Å². The third-order valence-electron chi connectivity index (χ3n) is 3.82. The van der Waals surface area contributed by atoms with Crippen molar-refractivity contribution >= 4 is 33.8 Å². The number of morpholine rings is 1. The molecule has 116 valence electrons. The maximum Gasteiger partial charge on any atom is 0.170 e. The first-order chi connectivity index (χ1) is 10.8. The van der Waals surface area contributed by atoms with E-state index in [1.807, 2.05) is 12.1 Å². The highest BCUT2D eigenvalue weighted by Gasteiger charge is 2.09. The zero-order valence-electron chi connectivity index (χ0n) is 12.5. The Hall–Kier alpha value is -1.69. The summed E-state index contributed by atoms with van der Waals surface area (Å²) in [4.78, 5) is 2.38. The van der Waals surface area contributed by atoms with E-state index in [2.05, 4.69) is 45.9 Å². The van der Waals surface area contributed by atoms with Gasteiger partial charge in [0.25, 0.3) is 0 Å². The number of fused-ring (bicyclic) bond motifs is 1. The van der Waals surface area contributed by atoms with Crippen molar-refractivity contribution in [2.75, 3.05) is 44.7 Å². The van der Waals surface area contributed by atoms with E-state index in [1.54, 1.807) is 0 Å². The molecule has 2 N–H and O–H groups in total. The lowest BCUT2D eigenvalue weighted by molar-refractivity contribution is 0.0389. The second-order valence-electron chi connectivity index (χ2n) is 5.40.